The van der Waals surface area contributed by atoms with Crippen LogP contribution in [-0.2, 0) is 18.4 Å². The molecule has 57 heavy (non-hydrogen) atoms. The van der Waals surface area contributed by atoms with Crippen LogP contribution in [0.15, 0.2) is 12.2 Å². The average molecular weight is 829 g/mol. The van der Waals surface area contributed by atoms with E-state index >= 15 is 0 Å². The molecule has 9 heteroatoms. The molecule has 2 N–H and O–H groups in total. The highest BCUT2D eigenvalue weighted by atomic mass is 31.2. The lowest BCUT2D eigenvalue weighted by Crippen LogP contribution is -2.45. The standard InChI is InChI=1S/C48H97N2O6P/c1-6-8-10-12-14-16-17-18-19-20-21-22-23-24-25-26-27-28-29-30-31-32-33-34-35-37-39-41-47(51)46(45-56-57(53,54)55-44-43-50(3,4)5)49-48(52)42-40-38-36-15-13-11-9-7-2/h39,41,46-47,51H,6-38,40,42-45H2,1-5H3,(H-,49,52,53,54)/b41-39+. The molecule has 3 atom stereocenters. The van der Waals surface area contributed by atoms with Crippen molar-refractivity contribution in [2.75, 3.05) is 40.9 Å². The van der Waals surface area contributed by atoms with Crippen LogP contribution >= 0.6 is 7.82 Å². The SMILES string of the molecule is CCCCCCCCCCCCCCCCCCCCCCCCCCC/C=C/C(O)C(COP(=O)([O-])OCC[N+](C)(C)C)NC(=O)CCCCCCCCCC. The number of amides is 1. The number of carbonyl (C=O) groups is 1. The van der Waals surface area contributed by atoms with Gasteiger partial charge in [-0.25, -0.2) is 0 Å². The lowest BCUT2D eigenvalue weighted by Gasteiger charge is -2.29. The summed E-state index contributed by atoms with van der Waals surface area (Å²) >= 11 is 0. The first kappa shape index (κ1) is 56.2. The van der Waals surface area contributed by atoms with Crippen LogP contribution in [0.25, 0.3) is 0 Å². The summed E-state index contributed by atoms with van der Waals surface area (Å²) in [6.45, 7) is 4.63. The summed E-state index contributed by atoms with van der Waals surface area (Å²) in [5.41, 5.74) is 0. The summed E-state index contributed by atoms with van der Waals surface area (Å²) < 4.78 is 23.2. The van der Waals surface area contributed by atoms with E-state index in [1.54, 1.807) is 6.08 Å². The van der Waals surface area contributed by atoms with Gasteiger partial charge in [-0.1, -0.05) is 225 Å². The number of rotatable bonds is 45. The van der Waals surface area contributed by atoms with E-state index in [1.807, 2.05) is 27.2 Å². The van der Waals surface area contributed by atoms with Crippen LogP contribution in [0.2, 0.25) is 0 Å². The highest BCUT2D eigenvalue weighted by molar-refractivity contribution is 7.45. The van der Waals surface area contributed by atoms with Crippen LogP contribution in [0.4, 0.5) is 0 Å². The molecule has 8 nitrogen and oxygen atoms in total. The average Bonchev–Trinajstić information content (AvgIpc) is 3.16. The molecule has 0 rings (SSSR count). The number of phosphoric ester groups is 1. The van der Waals surface area contributed by atoms with E-state index in [1.165, 1.54) is 180 Å². The van der Waals surface area contributed by atoms with Crippen molar-refractivity contribution < 1.29 is 32.9 Å². The summed E-state index contributed by atoms with van der Waals surface area (Å²) in [5, 5.41) is 13.8. The fourth-order valence-corrected chi connectivity index (χ4v) is 8.05. The molecule has 340 valence electrons. The minimum absolute atomic E-state index is 0.00180. The molecule has 3 unspecified atom stereocenters. The highest BCUT2D eigenvalue weighted by Gasteiger charge is 2.23. The van der Waals surface area contributed by atoms with Crippen LogP contribution in [0.1, 0.15) is 239 Å². The zero-order valence-corrected chi connectivity index (χ0v) is 39.5. The number of hydrogen-bond acceptors (Lipinski definition) is 6. The molecule has 0 aromatic carbocycles. The lowest BCUT2D eigenvalue weighted by molar-refractivity contribution is -0.870. The van der Waals surface area contributed by atoms with Gasteiger partial charge in [-0.15, -0.1) is 0 Å². The van der Waals surface area contributed by atoms with Gasteiger partial charge in [0.15, 0.2) is 0 Å². The molecule has 0 aromatic rings. The van der Waals surface area contributed by atoms with E-state index in [-0.39, 0.29) is 19.1 Å². The number of hydrogen-bond donors (Lipinski definition) is 2. The first-order valence-corrected chi connectivity index (χ1v) is 26.0. The number of nitrogens with one attached hydrogen (secondary N) is 1. The van der Waals surface area contributed by atoms with Crippen LogP contribution in [0, 0.1) is 0 Å². The van der Waals surface area contributed by atoms with E-state index in [9.17, 15) is 19.4 Å². The number of likely N-dealkylation sites (N-methyl/N-ethyl adjacent to an activating group) is 1. The van der Waals surface area contributed by atoms with Crippen molar-refractivity contribution in [3.8, 4) is 0 Å². The Balaban J connectivity index is 4.07. The normalized spacial score (nSPS) is 14.3. The Bertz CT molecular complexity index is 942. The third kappa shape index (κ3) is 43.1. The van der Waals surface area contributed by atoms with Gasteiger partial charge >= 0.3 is 0 Å². The second-order valence-electron chi connectivity index (χ2n) is 18.2. The van der Waals surface area contributed by atoms with Crippen LogP contribution in [0.3, 0.4) is 0 Å². The summed E-state index contributed by atoms with van der Waals surface area (Å²) in [7, 11) is 1.27. The van der Waals surface area contributed by atoms with Crippen molar-refractivity contribution in [2.24, 2.45) is 0 Å². The summed E-state index contributed by atoms with van der Waals surface area (Å²) in [6.07, 6.45) is 47.2. The molecule has 0 bridgehead atoms. The maximum Gasteiger partial charge on any atom is 0.268 e. The molecule has 0 fully saturated rings. The lowest BCUT2D eigenvalue weighted by atomic mass is 10.0. The molecular formula is C48H97N2O6P. The molecule has 0 aliphatic heterocycles. The van der Waals surface area contributed by atoms with Crippen molar-refractivity contribution in [3.63, 3.8) is 0 Å². The van der Waals surface area contributed by atoms with Crippen molar-refractivity contribution in [1.82, 2.24) is 5.32 Å². The Morgan fingerprint density at radius 2 is 0.947 bits per heavy atom. The fraction of sp³-hybridized carbons (Fsp3) is 0.938. The molecule has 0 radical (unpaired) electrons. The molecule has 0 aromatic heterocycles. The molecule has 0 aliphatic rings. The second kappa shape index (κ2) is 40.6. The van der Waals surface area contributed by atoms with Gasteiger partial charge in [0.2, 0.25) is 5.91 Å². The number of carbonyl (C=O) groups excluding carboxylic acids is 1. The number of unbranched alkanes of at least 4 members (excludes halogenated alkanes) is 32. The van der Waals surface area contributed by atoms with E-state index in [2.05, 4.69) is 19.2 Å². The van der Waals surface area contributed by atoms with Gasteiger partial charge < -0.3 is 28.8 Å². The fourth-order valence-electron chi connectivity index (χ4n) is 7.33. The van der Waals surface area contributed by atoms with Crippen molar-refractivity contribution in [1.29, 1.82) is 0 Å². The van der Waals surface area contributed by atoms with Crippen LogP contribution in [0.5, 0.6) is 0 Å². The molecule has 0 heterocycles. The van der Waals surface area contributed by atoms with Gasteiger partial charge in [-0.3, -0.25) is 9.36 Å². The number of quaternary nitrogens is 1. The topological polar surface area (TPSA) is 108 Å². The van der Waals surface area contributed by atoms with Crippen molar-refractivity contribution >= 4 is 13.7 Å². The number of nitrogens with zero attached hydrogens (tertiary/aromatic N) is 1. The Kier molecular flexibility index (Phi) is 40.1. The molecule has 0 saturated carbocycles. The predicted octanol–water partition coefficient (Wildman–Crippen LogP) is 13.3. The predicted molar refractivity (Wildman–Crippen MR) is 242 cm³/mol. The summed E-state index contributed by atoms with van der Waals surface area (Å²) in [4.78, 5) is 25.2. The summed E-state index contributed by atoms with van der Waals surface area (Å²) in [6, 6.07) is -0.879. The number of aliphatic hydroxyl groups excluding tert-OH is 1. The third-order valence-electron chi connectivity index (χ3n) is 11.2. The third-order valence-corrected chi connectivity index (χ3v) is 12.2. The minimum atomic E-state index is -4.58. The Morgan fingerprint density at radius 1 is 0.596 bits per heavy atom. The van der Waals surface area contributed by atoms with E-state index in [4.69, 9.17) is 9.05 Å². The Hall–Kier alpha value is -0.760. The number of allylic oxidation sites excluding steroid dienone is 1. The quantitative estimate of drug-likeness (QED) is 0.0274. The molecule has 0 aliphatic carbocycles. The van der Waals surface area contributed by atoms with Gasteiger partial charge in [-0.05, 0) is 19.3 Å². The van der Waals surface area contributed by atoms with Gasteiger partial charge in [0.25, 0.3) is 7.82 Å². The van der Waals surface area contributed by atoms with Gasteiger partial charge in [-0.2, -0.15) is 0 Å². The largest absolute Gasteiger partial charge is 0.756 e. The Morgan fingerprint density at radius 3 is 1.32 bits per heavy atom. The van der Waals surface area contributed by atoms with Crippen LogP contribution in [-0.4, -0.2) is 68.5 Å². The monoisotopic (exact) mass is 829 g/mol. The van der Waals surface area contributed by atoms with E-state index in [0.29, 0.717) is 17.4 Å². The second-order valence-corrected chi connectivity index (χ2v) is 19.6. The van der Waals surface area contributed by atoms with Crippen LogP contribution < -0.4 is 10.2 Å². The Labute approximate surface area is 354 Å². The zero-order valence-electron chi connectivity index (χ0n) is 38.6. The van der Waals surface area contributed by atoms with E-state index in [0.717, 1.165) is 38.5 Å². The van der Waals surface area contributed by atoms with Crippen molar-refractivity contribution in [3.05, 3.63) is 12.2 Å². The summed E-state index contributed by atoms with van der Waals surface area (Å²) in [5.74, 6) is -0.200. The zero-order chi connectivity index (χ0) is 42.1. The maximum atomic E-state index is 12.8. The number of aliphatic hydroxyl groups is 1. The molecular weight excluding hydrogens is 732 g/mol. The molecule has 0 saturated heterocycles. The van der Waals surface area contributed by atoms with E-state index < -0.39 is 20.0 Å². The molecule has 1 amide bonds. The minimum Gasteiger partial charge on any atom is -0.756 e. The molecule has 0 spiro atoms. The number of phosphoric acid groups is 1. The van der Waals surface area contributed by atoms with Gasteiger partial charge in [0, 0.05) is 6.42 Å². The first-order chi connectivity index (χ1) is 27.5. The smallest absolute Gasteiger partial charge is 0.268 e. The van der Waals surface area contributed by atoms with Gasteiger partial charge in [0.1, 0.15) is 13.2 Å². The maximum absolute atomic E-state index is 12.8. The van der Waals surface area contributed by atoms with Gasteiger partial charge in [0.05, 0.1) is 39.9 Å². The highest BCUT2D eigenvalue weighted by Crippen LogP contribution is 2.38. The van der Waals surface area contributed by atoms with Crippen molar-refractivity contribution in [2.45, 2.75) is 251 Å². The first-order valence-electron chi connectivity index (χ1n) is 24.6.